The van der Waals surface area contributed by atoms with Gasteiger partial charge in [-0.25, -0.2) is 0 Å². The zero-order chi connectivity index (χ0) is 17.2. The largest absolute Gasteiger partial charge is 0.465 e. The predicted molar refractivity (Wildman–Crippen MR) is 95.2 cm³/mol. The first-order chi connectivity index (χ1) is 12.2. The SMILES string of the molecule is Cc1nnc2sc(-c3ccccc3NC(=O)/C=C/c3ccco3)nn12. The van der Waals surface area contributed by atoms with Crippen LogP contribution in [-0.4, -0.2) is 25.7 Å². The molecule has 0 saturated carbocycles. The quantitative estimate of drug-likeness (QED) is 0.570. The molecule has 3 heterocycles. The third kappa shape index (κ3) is 3.07. The number of nitrogens with zero attached hydrogens (tertiary/aromatic N) is 4. The Morgan fingerprint density at radius 3 is 2.92 bits per heavy atom. The summed E-state index contributed by atoms with van der Waals surface area (Å²) in [7, 11) is 0. The highest BCUT2D eigenvalue weighted by Gasteiger charge is 2.14. The molecule has 0 aliphatic heterocycles. The fourth-order valence-corrected chi connectivity index (χ4v) is 3.24. The molecule has 0 radical (unpaired) electrons. The van der Waals surface area contributed by atoms with Crippen molar-refractivity contribution in [1.82, 2.24) is 19.8 Å². The van der Waals surface area contributed by atoms with Gasteiger partial charge in [0.05, 0.1) is 12.0 Å². The normalized spacial score (nSPS) is 11.4. The minimum atomic E-state index is -0.247. The number of amides is 1. The van der Waals surface area contributed by atoms with Gasteiger partial charge >= 0.3 is 0 Å². The molecule has 4 aromatic rings. The molecule has 1 N–H and O–H groups in total. The van der Waals surface area contributed by atoms with Crippen LogP contribution in [0.5, 0.6) is 0 Å². The van der Waals surface area contributed by atoms with Gasteiger partial charge in [0.2, 0.25) is 10.9 Å². The third-order valence-corrected chi connectivity index (χ3v) is 4.44. The Morgan fingerprint density at radius 2 is 2.12 bits per heavy atom. The summed E-state index contributed by atoms with van der Waals surface area (Å²) >= 11 is 1.42. The van der Waals surface area contributed by atoms with Gasteiger partial charge in [-0.1, -0.05) is 23.5 Å². The maximum absolute atomic E-state index is 12.2. The van der Waals surface area contributed by atoms with Crippen molar-refractivity contribution >= 4 is 34.0 Å². The van der Waals surface area contributed by atoms with Crippen molar-refractivity contribution in [1.29, 1.82) is 0 Å². The van der Waals surface area contributed by atoms with Crippen LogP contribution in [0.2, 0.25) is 0 Å². The number of benzene rings is 1. The minimum absolute atomic E-state index is 0.247. The number of aryl methyl sites for hydroxylation is 1. The van der Waals surface area contributed by atoms with E-state index >= 15 is 0 Å². The van der Waals surface area contributed by atoms with Crippen molar-refractivity contribution in [3.05, 3.63) is 60.3 Å². The van der Waals surface area contributed by atoms with Crippen molar-refractivity contribution in [2.45, 2.75) is 6.92 Å². The second-order valence-corrected chi connectivity index (χ2v) is 6.19. The predicted octanol–water partition coefficient (Wildman–Crippen LogP) is 3.41. The molecule has 1 aromatic carbocycles. The van der Waals surface area contributed by atoms with Crippen molar-refractivity contribution in [3.63, 3.8) is 0 Å². The molecule has 8 heteroatoms. The number of carbonyl (C=O) groups is 1. The Balaban J connectivity index is 1.61. The molecular formula is C17H13N5O2S. The Morgan fingerprint density at radius 1 is 1.24 bits per heavy atom. The van der Waals surface area contributed by atoms with Crippen LogP contribution in [-0.2, 0) is 4.79 Å². The molecule has 0 saturated heterocycles. The van der Waals surface area contributed by atoms with Gasteiger partial charge in [0.15, 0.2) is 5.82 Å². The van der Waals surface area contributed by atoms with Gasteiger partial charge in [-0.05, 0) is 37.3 Å². The first kappa shape index (κ1) is 15.3. The van der Waals surface area contributed by atoms with Crippen LogP contribution in [0.1, 0.15) is 11.6 Å². The average Bonchev–Trinajstić information content (AvgIpc) is 3.33. The molecule has 0 bridgehead atoms. The lowest BCUT2D eigenvalue weighted by molar-refractivity contribution is -0.111. The lowest BCUT2D eigenvalue weighted by atomic mass is 10.2. The monoisotopic (exact) mass is 351 g/mol. The molecule has 25 heavy (non-hydrogen) atoms. The van der Waals surface area contributed by atoms with Gasteiger partial charge in [-0.15, -0.1) is 10.2 Å². The summed E-state index contributed by atoms with van der Waals surface area (Å²) in [6, 6.07) is 11.1. The Labute approximate surface area is 146 Å². The fourth-order valence-electron chi connectivity index (χ4n) is 2.32. The second-order valence-electron chi connectivity index (χ2n) is 5.23. The lowest BCUT2D eigenvalue weighted by Crippen LogP contribution is -2.08. The average molecular weight is 351 g/mol. The first-order valence-electron chi connectivity index (χ1n) is 7.51. The van der Waals surface area contributed by atoms with Crippen LogP contribution < -0.4 is 5.32 Å². The molecule has 0 aliphatic carbocycles. The maximum atomic E-state index is 12.2. The first-order valence-corrected chi connectivity index (χ1v) is 8.33. The highest BCUT2D eigenvalue weighted by molar-refractivity contribution is 7.19. The van der Waals surface area contributed by atoms with E-state index in [-0.39, 0.29) is 5.91 Å². The van der Waals surface area contributed by atoms with E-state index in [0.29, 0.717) is 16.4 Å². The van der Waals surface area contributed by atoms with Crippen LogP contribution in [0.15, 0.2) is 53.2 Å². The number of anilines is 1. The summed E-state index contributed by atoms with van der Waals surface area (Å²) in [6.07, 6.45) is 4.60. The highest BCUT2D eigenvalue weighted by Crippen LogP contribution is 2.31. The summed E-state index contributed by atoms with van der Waals surface area (Å²) in [5.41, 5.74) is 1.51. The van der Waals surface area contributed by atoms with E-state index < -0.39 is 0 Å². The minimum Gasteiger partial charge on any atom is -0.465 e. The molecule has 0 aliphatic rings. The van der Waals surface area contributed by atoms with Crippen LogP contribution in [0.3, 0.4) is 0 Å². The molecular weight excluding hydrogens is 338 g/mol. The molecule has 3 aromatic heterocycles. The van der Waals surface area contributed by atoms with E-state index in [0.717, 1.165) is 16.4 Å². The number of furan rings is 1. The second kappa shape index (κ2) is 6.33. The summed E-state index contributed by atoms with van der Waals surface area (Å²) in [6.45, 7) is 1.84. The Hall–Kier alpha value is -3.26. The van der Waals surface area contributed by atoms with Gasteiger partial charge < -0.3 is 9.73 Å². The van der Waals surface area contributed by atoms with Gasteiger partial charge in [-0.3, -0.25) is 4.79 Å². The number of aromatic nitrogens is 4. The smallest absolute Gasteiger partial charge is 0.248 e. The van der Waals surface area contributed by atoms with E-state index in [1.54, 1.807) is 29.0 Å². The lowest BCUT2D eigenvalue weighted by Gasteiger charge is -2.07. The molecule has 4 rings (SSSR count). The Bertz CT molecular complexity index is 1060. The van der Waals surface area contributed by atoms with Crippen molar-refractivity contribution in [3.8, 4) is 10.6 Å². The zero-order valence-electron chi connectivity index (χ0n) is 13.2. The summed E-state index contributed by atoms with van der Waals surface area (Å²) in [4.78, 5) is 12.9. The van der Waals surface area contributed by atoms with E-state index in [2.05, 4.69) is 20.6 Å². The number of hydrogen-bond donors (Lipinski definition) is 1. The zero-order valence-corrected chi connectivity index (χ0v) is 14.0. The van der Waals surface area contributed by atoms with Crippen molar-refractivity contribution in [2.75, 3.05) is 5.32 Å². The number of fused-ring (bicyclic) bond motifs is 1. The Kier molecular flexibility index (Phi) is 3.87. The summed E-state index contributed by atoms with van der Waals surface area (Å²) in [5.74, 6) is 1.09. The van der Waals surface area contributed by atoms with Gasteiger partial charge in [0, 0.05) is 11.6 Å². The molecule has 0 spiro atoms. The van der Waals surface area contributed by atoms with E-state index in [9.17, 15) is 4.79 Å². The van der Waals surface area contributed by atoms with Crippen LogP contribution in [0, 0.1) is 6.92 Å². The van der Waals surface area contributed by atoms with Crippen molar-refractivity contribution in [2.24, 2.45) is 0 Å². The van der Waals surface area contributed by atoms with Gasteiger partial charge in [0.1, 0.15) is 10.8 Å². The maximum Gasteiger partial charge on any atom is 0.248 e. The van der Waals surface area contributed by atoms with Crippen molar-refractivity contribution < 1.29 is 9.21 Å². The molecule has 124 valence electrons. The number of hydrogen-bond acceptors (Lipinski definition) is 6. The van der Waals surface area contributed by atoms with Gasteiger partial charge in [-0.2, -0.15) is 9.61 Å². The molecule has 0 fully saturated rings. The number of para-hydroxylation sites is 1. The van der Waals surface area contributed by atoms with E-state index in [4.69, 9.17) is 4.42 Å². The topological polar surface area (TPSA) is 85.3 Å². The summed E-state index contributed by atoms with van der Waals surface area (Å²) in [5, 5.41) is 16.2. The van der Waals surface area contributed by atoms with E-state index in [1.165, 1.54) is 17.4 Å². The van der Waals surface area contributed by atoms with Crippen LogP contribution >= 0.6 is 11.3 Å². The molecule has 0 atom stereocenters. The molecule has 7 nitrogen and oxygen atoms in total. The number of nitrogens with one attached hydrogen (secondary N) is 1. The molecule has 0 unspecified atom stereocenters. The van der Waals surface area contributed by atoms with Crippen LogP contribution in [0.4, 0.5) is 5.69 Å². The number of rotatable bonds is 4. The standard InChI is InChI=1S/C17H13N5O2S/c1-11-19-20-17-22(11)21-16(25-17)13-6-2-3-7-14(13)18-15(23)9-8-12-5-4-10-24-12/h2-10H,1H3,(H,18,23)/b9-8+. The summed E-state index contributed by atoms with van der Waals surface area (Å²) < 4.78 is 6.86. The number of carbonyl (C=O) groups excluding carboxylic acids is 1. The van der Waals surface area contributed by atoms with Gasteiger partial charge in [0.25, 0.3) is 0 Å². The van der Waals surface area contributed by atoms with E-state index in [1.807, 2.05) is 31.2 Å². The highest BCUT2D eigenvalue weighted by atomic mass is 32.1. The fraction of sp³-hybridized carbons (Fsp3) is 0.0588. The third-order valence-electron chi connectivity index (χ3n) is 3.50. The molecule has 1 amide bonds. The van der Waals surface area contributed by atoms with Crippen LogP contribution in [0.25, 0.3) is 21.6 Å².